The molecular weight excluding hydrogens is 432 g/mol. The molecule has 0 heterocycles. The first-order valence-corrected chi connectivity index (χ1v) is 13.2. The summed E-state index contributed by atoms with van der Waals surface area (Å²) in [5, 5.41) is 0. The molecule has 0 aliphatic carbocycles. The molecule has 0 radical (unpaired) electrons. The number of rotatable bonds is 14. The molecule has 35 heavy (non-hydrogen) atoms. The Morgan fingerprint density at radius 3 is 1.89 bits per heavy atom. The van der Waals surface area contributed by atoms with Crippen LogP contribution in [0.3, 0.4) is 0 Å². The van der Waals surface area contributed by atoms with Crippen LogP contribution in [0.25, 0.3) is 11.1 Å². The number of esters is 1. The van der Waals surface area contributed by atoms with Crippen LogP contribution >= 0.6 is 0 Å². The number of carbonyl (C=O) groups excluding carboxylic acids is 1. The molecule has 0 aliphatic heterocycles. The lowest BCUT2D eigenvalue weighted by Crippen LogP contribution is -2.08. The van der Waals surface area contributed by atoms with E-state index in [-0.39, 0.29) is 5.97 Å². The van der Waals surface area contributed by atoms with Crippen LogP contribution < -0.4 is 9.47 Å². The van der Waals surface area contributed by atoms with Gasteiger partial charge in [-0.3, -0.25) is 0 Å². The van der Waals surface area contributed by atoms with Crippen LogP contribution in [0.5, 0.6) is 11.5 Å². The highest BCUT2D eigenvalue weighted by Gasteiger charge is 2.09. The van der Waals surface area contributed by atoms with Crippen molar-refractivity contribution >= 4 is 5.97 Å². The summed E-state index contributed by atoms with van der Waals surface area (Å²) in [6.07, 6.45) is 9.92. The molecule has 0 aliphatic rings. The van der Waals surface area contributed by atoms with E-state index < -0.39 is 0 Å². The van der Waals surface area contributed by atoms with Crippen LogP contribution in [0, 0.1) is 5.92 Å². The van der Waals surface area contributed by atoms with Gasteiger partial charge in [0.2, 0.25) is 0 Å². The molecule has 0 fully saturated rings. The van der Waals surface area contributed by atoms with E-state index in [9.17, 15) is 4.79 Å². The maximum atomic E-state index is 12.6. The zero-order valence-corrected chi connectivity index (χ0v) is 21.6. The van der Waals surface area contributed by atoms with Gasteiger partial charge in [-0.25, -0.2) is 4.79 Å². The number of hydrogen-bond acceptors (Lipinski definition) is 3. The molecule has 0 amide bonds. The van der Waals surface area contributed by atoms with Crippen molar-refractivity contribution < 1.29 is 14.3 Å². The summed E-state index contributed by atoms with van der Waals surface area (Å²) in [4.78, 5) is 12.6. The number of carbonyl (C=O) groups is 1. The second-order valence-electron chi connectivity index (χ2n) is 9.48. The molecule has 186 valence electrons. The third kappa shape index (κ3) is 8.90. The normalized spacial score (nSPS) is 11.7. The van der Waals surface area contributed by atoms with Gasteiger partial charge in [0.1, 0.15) is 11.5 Å². The summed E-state index contributed by atoms with van der Waals surface area (Å²) in [6.45, 7) is 7.34. The molecule has 1 unspecified atom stereocenters. The Balaban J connectivity index is 1.48. The van der Waals surface area contributed by atoms with Gasteiger partial charge in [-0.1, -0.05) is 95.7 Å². The number of hydrogen-bond donors (Lipinski definition) is 0. The van der Waals surface area contributed by atoms with E-state index in [1.807, 2.05) is 60.7 Å². The largest absolute Gasteiger partial charge is 0.493 e. The summed E-state index contributed by atoms with van der Waals surface area (Å²) in [7, 11) is 0. The summed E-state index contributed by atoms with van der Waals surface area (Å²) in [5.74, 6) is 1.65. The maximum Gasteiger partial charge on any atom is 0.343 e. The van der Waals surface area contributed by atoms with Crippen LogP contribution in [-0.4, -0.2) is 12.6 Å². The lowest BCUT2D eigenvalue weighted by atomic mass is 10.0. The third-order valence-corrected chi connectivity index (χ3v) is 6.49. The summed E-state index contributed by atoms with van der Waals surface area (Å²) in [6, 6.07) is 23.6. The van der Waals surface area contributed by atoms with Crippen LogP contribution in [0.4, 0.5) is 0 Å². The monoisotopic (exact) mass is 472 g/mol. The Hall–Kier alpha value is -3.07. The predicted octanol–water partition coefficient (Wildman–Crippen LogP) is 8.90. The van der Waals surface area contributed by atoms with Crippen LogP contribution in [-0.2, 0) is 6.42 Å². The topological polar surface area (TPSA) is 35.5 Å². The first-order chi connectivity index (χ1) is 17.1. The van der Waals surface area contributed by atoms with Crippen molar-refractivity contribution in [2.75, 3.05) is 6.61 Å². The molecule has 0 saturated carbocycles. The Bertz CT molecular complexity index is 1000. The highest BCUT2D eigenvalue weighted by molar-refractivity contribution is 5.91. The van der Waals surface area contributed by atoms with Gasteiger partial charge in [-0.2, -0.15) is 0 Å². The molecule has 0 spiro atoms. The first-order valence-electron chi connectivity index (χ1n) is 13.2. The van der Waals surface area contributed by atoms with Crippen LogP contribution in [0.15, 0.2) is 72.8 Å². The maximum absolute atomic E-state index is 12.6. The highest BCUT2D eigenvalue weighted by Crippen LogP contribution is 2.25. The molecule has 3 aromatic carbocycles. The molecule has 3 rings (SSSR count). The first kappa shape index (κ1) is 26.5. The lowest BCUT2D eigenvalue weighted by Gasteiger charge is -2.11. The fourth-order valence-corrected chi connectivity index (χ4v) is 3.90. The third-order valence-electron chi connectivity index (χ3n) is 6.49. The van der Waals surface area contributed by atoms with E-state index in [1.165, 1.54) is 44.1 Å². The summed E-state index contributed by atoms with van der Waals surface area (Å²) < 4.78 is 11.4. The Kier molecular flexibility index (Phi) is 10.9. The molecule has 0 bridgehead atoms. The van der Waals surface area contributed by atoms with Gasteiger partial charge in [0.25, 0.3) is 0 Å². The van der Waals surface area contributed by atoms with Gasteiger partial charge in [-0.15, -0.1) is 0 Å². The van der Waals surface area contributed by atoms with Crippen LogP contribution in [0.2, 0.25) is 0 Å². The van der Waals surface area contributed by atoms with Crippen molar-refractivity contribution in [3.8, 4) is 22.6 Å². The molecule has 3 nitrogen and oxygen atoms in total. The van der Waals surface area contributed by atoms with E-state index >= 15 is 0 Å². The second-order valence-corrected chi connectivity index (χ2v) is 9.48. The highest BCUT2D eigenvalue weighted by atomic mass is 16.5. The fraction of sp³-hybridized carbons (Fsp3) is 0.406. The Labute approximate surface area is 211 Å². The standard InChI is InChI=1S/C32H40O3/c1-4-6-7-8-9-10-11-26-12-14-29(15-13-26)32(33)35-31-22-18-28(19-23-31)27-16-20-30(21-17-27)34-24-25(3)5-2/h12-23,25H,4-11,24H2,1-3H3. The van der Waals surface area contributed by atoms with Crippen LogP contribution in [0.1, 0.15) is 81.6 Å². The van der Waals surface area contributed by atoms with Gasteiger partial charge >= 0.3 is 5.97 Å². The van der Waals surface area contributed by atoms with E-state index in [0.717, 1.165) is 36.3 Å². The minimum absolute atomic E-state index is 0.327. The van der Waals surface area contributed by atoms with Crippen molar-refractivity contribution in [1.29, 1.82) is 0 Å². The molecule has 1 atom stereocenters. The zero-order chi connectivity index (χ0) is 24.9. The number of ether oxygens (including phenoxy) is 2. The number of unbranched alkanes of at least 4 members (excludes halogenated alkanes) is 5. The lowest BCUT2D eigenvalue weighted by molar-refractivity contribution is 0.0735. The smallest absolute Gasteiger partial charge is 0.343 e. The quantitative estimate of drug-likeness (QED) is 0.133. The average Bonchev–Trinajstić information content (AvgIpc) is 2.90. The molecule has 0 saturated heterocycles. The predicted molar refractivity (Wildman–Crippen MR) is 145 cm³/mol. The average molecular weight is 473 g/mol. The molecule has 0 N–H and O–H groups in total. The van der Waals surface area contributed by atoms with E-state index in [2.05, 4.69) is 32.9 Å². The molecule has 3 heteroatoms. The number of aryl methyl sites for hydroxylation is 1. The summed E-state index contributed by atoms with van der Waals surface area (Å²) >= 11 is 0. The summed E-state index contributed by atoms with van der Waals surface area (Å²) in [5.41, 5.74) is 4.02. The van der Waals surface area contributed by atoms with Gasteiger partial charge in [0, 0.05) is 0 Å². The SMILES string of the molecule is CCCCCCCCc1ccc(C(=O)Oc2ccc(-c3ccc(OCC(C)CC)cc3)cc2)cc1. The van der Waals surface area contributed by atoms with Gasteiger partial charge in [0.05, 0.1) is 12.2 Å². The molecule has 3 aromatic rings. The minimum atomic E-state index is -0.327. The second kappa shape index (κ2) is 14.4. The van der Waals surface area contributed by atoms with Crippen molar-refractivity contribution in [3.05, 3.63) is 83.9 Å². The fourth-order valence-electron chi connectivity index (χ4n) is 3.90. The van der Waals surface area contributed by atoms with E-state index in [0.29, 0.717) is 17.2 Å². The Morgan fingerprint density at radius 1 is 0.714 bits per heavy atom. The van der Waals surface area contributed by atoms with E-state index in [1.54, 1.807) is 0 Å². The number of benzene rings is 3. The van der Waals surface area contributed by atoms with Crippen molar-refractivity contribution in [3.63, 3.8) is 0 Å². The van der Waals surface area contributed by atoms with Gasteiger partial charge < -0.3 is 9.47 Å². The molecule has 0 aromatic heterocycles. The van der Waals surface area contributed by atoms with Gasteiger partial charge in [-0.05, 0) is 71.8 Å². The Morgan fingerprint density at radius 2 is 1.29 bits per heavy atom. The van der Waals surface area contributed by atoms with Gasteiger partial charge in [0.15, 0.2) is 0 Å². The zero-order valence-electron chi connectivity index (χ0n) is 21.6. The van der Waals surface area contributed by atoms with Crippen molar-refractivity contribution in [1.82, 2.24) is 0 Å². The molecular formula is C32H40O3. The van der Waals surface area contributed by atoms with Crippen molar-refractivity contribution in [2.45, 2.75) is 72.1 Å². The van der Waals surface area contributed by atoms with E-state index in [4.69, 9.17) is 9.47 Å². The minimum Gasteiger partial charge on any atom is -0.493 e. The van der Waals surface area contributed by atoms with Crippen molar-refractivity contribution in [2.24, 2.45) is 5.92 Å².